The molecule has 0 spiro atoms. The van der Waals surface area contributed by atoms with Crippen molar-refractivity contribution in [2.75, 3.05) is 0 Å². The van der Waals surface area contributed by atoms with Crippen LogP contribution in [0.1, 0.15) is 22.9 Å². The topological polar surface area (TPSA) is 49.9 Å². The molecule has 2 aromatic heterocycles. The highest BCUT2D eigenvalue weighted by Gasteiger charge is 2.24. The number of hydrogen-bond donors (Lipinski definition) is 1. The molecule has 226 valence electrons. The number of nitrogens with one attached hydrogen (secondary N) is 1. The third-order valence-electron chi connectivity index (χ3n) is 9.35. The van der Waals surface area contributed by atoms with Gasteiger partial charge in [0, 0.05) is 47.6 Å². The Bertz CT molecular complexity index is 2770. The van der Waals surface area contributed by atoms with E-state index < -0.39 is 0 Å². The molecule has 0 saturated carbocycles. The average Bonchev–Trinajstić information content (AvgIpc) is 3.73. The molecular weight excluding hydrogens is 607 g/mol. The van der Waals surface area contributed by atoms with Gasteiger partial charge < -0.3 is 9.73 Å². The Morgan fingerprint density at radius 3 is 2.23 bits per heavy atom. The fourth-order valence-electron chi connectivity index (χ4n) is 7.11. The van der Waals surface area contributed by atoms with Crippen LogP contribution in [0.3, 0.4) is 0 Å². The Morgan fingerprint density at radius 1 is 0.562 bits per heavy atom. The van der Waals surface area contributed by atoms with Crippen LogP contribution in [0.4, 0.5) is 0 Å². The molecule has 3 heterocycles. The zero-order valence-electron chi connectivity index (χ0n) is 25.7. The molecule has 4 nitrogen and oxygen atoms in total. The number of rotatable bonds is 4. The number of thiophene rings is 1. The minimum atomic E-state index is -0.276. The number of furan rings is 1. The van der Waals surface area contributed by atoms with E-state index >= 15 is 0 Å². The van der Waals surface area contributed by atoms with Gasteiger partial charge in [-0.1, -0.05) is 127 Å². The molecule has 1 unspecified atom stereocenters. The van der Waals surface area contributed by atoms with Gasteiger partial charge >= 0.3 is 0 Å². The first-order chi connectivity index (χ1) is 23.8. The average molecular weight is 634 g/mol. The van der Waals surface area contributed by atoms with Crippen LogP contribution in [0.2, 0.25) is 0 Å². The maximum atomic E-state index is 6.42. The monoisotopic (exact) mass is 633 g/mol. The zero-order chi connectivity index (χ0) is 31.6. The van der Waals surface area contributed by atoms with Crippen LogP contribution in [0.5, 0.6) is 0 Å². The largest absolute Gasteiger partial charge is 0.455 e. The fraction of sp³-hybridized carbons (Fsp3) is 0.0233. The third kappa shape index (κ3) is 4.29. The Balaban J connectivity index is 1.13. The molecule has 1 atom stereocenters. The van der Waals surface area contributed by atoms with E-state index in [0.29, 0.717) is 5.84 Å². The molecule has 0 bridgehead atoms. The van der Waals surface area contributed by atoms with E-state index in [1.54, 1.807) is 0 Å². The van der Waals surface area contributed by atoms with Crippen molar-refractivity contribution < 1.29 is 4.42 Å². The van der Waals surface area contributed by atoms with Gasteiger partial charge in [-0.2, -0.15) is 0 Å². The summed E-state index contributed by atoms with van der Waals surface area (Å²) in [6, 6.07) is 53.2. The molecule has 7 aromatic carbocycles. The van der Waals surface area contributed by atoms with Crippen LogP contribution < -0.4 is 5.32 Å². The van der Waals surface area contributed by atoms with E-state index in [1.165, 1.54) is 20.2 Å². The maximum Gasteiger partial charge on any atom is 0.159 e. The number of para-hydroxylation sites is 2. The molecule has 5 heteroatoms. The number of benzene rings is 7. The van der Waals surface area contributed by atoms with Crippen molar-refractivity contribution in [2.45, 2.75) is 6.17 Å². The van der Waals surface area contributed by atoms with Crippen LogP contribution in [-0.4, -0.2) is 11.7 Å². The number of hydrogen-bond acceptors (Lipinski definition) is 5. The normalized spacial score (nSPS) is 14.9. The summed E-state index contributed by atoms with van der Waals surface area (Å²) in [7, 11) is 0. The van der Waals surface area contributed by atoms with Crippen molar-refractivity contribution in [1.82, 2.24) is 5.32 Å². The lowest BCUT2D eigenvalue weighted by atomic mass is 9.95. The third-order valence-corrected chi connectivity index (χ3v) is 10.5. The zero-order valence-corrected chi connectivity index (χ0v) is 26.5. The van der Waals surface area contributed by atoms with Crippen molar-refractivity contribution in [3.05, 3.63) is 168 Å². The molecule has 9 aromatic rings. The first-order valence-corrected chi connectivity index (χ1v) is 16.9. The Morgan fingerprint density at radius 2 is 1.29 bits per heavy atom. The van der Waals surface area contributed by atoms with E-state index in [9.17, 15) is 0 Å². The van der Waals surface area contributed by atoms with E-state index in [0.717, 1.165) is 66.4 Å². The molecule has 48 heavy (non-hydrogen) atoms. The van der Waals surface area contributed by atoms with Gasteiger partial charge in [-0.3, -0.25) is 0 Å². The fourth-order valence-corrected chi connectivity index (χ4v) is 8.24. The summed E-state index contributed by atoms with van der Waals surface area (Å²) >= 11 is 1.82. The Kier molecular flexibility index (Phi) is 6.08. The summed E-state index contributed by atoms with van der Waals surface area (Å²) in [5.41, 5.74) is 7.18. The van der Waals surface area contributed by atoms with Crippen LogP contribution in [0.15, 0.2) is 166 Å². The van der Waals surface area contributed by atoms with Gasteiger partial charge in [0.05, 0.1) is 0 Å². The summed E-state index contributed by atoms with van der Waals surface area (Å²) in [6.07, 6.45) is -0.276. The SMILES string of the molecule is c1ccc(C2N=C(c3ccc4c(-c5cccc6c5oc5ccccc56)cccc4c3)N=C(c3cccc4sc5ccccc5c34)N2)cc1. The standard InChI is InChI=1S/C43H27N3OS/c1-2-11-26(12-3-1)41-44-42(46-43(45-41)35-19-10-22-38-39(35)34-15-5-7-21-37(34)48-38)28-23-24-29-27(25-28)13-8-16-30(29)32-17-9-18-33-31-14-4-6-20-36(31)47-40(32)33/h1-25,41H,(H,44,45,46). The summed E-state index contributed by atoms with van der Waals surface area (Å²) in [5, 5.41) is 10.7. The van der Waals surface area contributed by atoms with Gasteiger partial charge in [0.25, 0.3) is 0 Å². The van der Waals surface area contributed by atoms with Crippen molar-refractivity contribution >= 4 is 75.9 Å². The molecular formula is C43H27N3OS. The van der Waals surface area contributed by atoms with Crippen molar-refractivity contribution in [1.29, 1.82) is 0 Å². The molecule has 1 aliphatic rings. The predicted octanol–water partition coefficient (Wildman–Crippen LogP) is 11.3. The Hall–Kier alpha value is -6.04. The second-order valence-corrected chi connectivity index (χ2v) is 13.3. The van der Waals surface area contributed by atoms with Crippen LogP contribution in [-0.2, 0) is 0 Å². The number of aliphatic imine (C=N–C) groups is 2. The molecule has 1 N–H and O–H groups in total. The highest BCUT2D eigenvalue weighted by molar-refractivity contribution is 7.25. The molecule has 1 aliphatic heterocycles. The van der Waals surface area contributed by atoms with Crippen LogP contribution >= 0.6 is 11.3 Å². The minimum Gasteiger partial charge on any atom is -0.455 e. The molecule has 0 fully saturated rings. The summed E-state index contributed by atoms with van der Waals surface area (Å²) in [5.74, 6) is 1.54. The second kappa shape index (κ2) is 10.8. The number of fused-ring (bicyclic) bond motifs is 7. The number of amidine groups is 2. The second-order valence-electron chi connectivity index (χ2n) is 12.2. The minimum absolute atomic E-state index is 0.276. The van der Waals surface area contributed by atoms with Crippen molar-refractivity contribution in [2.24, 2.45) is 9.98 Å². The summed E-state index contributed by atoms with van der Waals surface area (Å²) in [6.45, 7) is 0. The molecule has 0 amide bonds. The first-order valence-electron chi connectivity index (χ1n) is 16.1. The highest BCUT2D eigenvalue weighted by Crippen LogP contribution is 2.39. The van der Waals surface area contributed by atoms with E-state index in [1.807, 2.05) is 29.5 Å². The van der Waals surface area contributed by atoms with Crippen molar-refractivity contribution in [3.8, 4) is 11.1 Å². The van der Waals surface area contributed by atoms with E-state index in [-0.39, 0.29) is 6.17 Å². The lowest BCUT2D eigenvalue weighted by Gasteiger charge is -2.24. The van der Waals surface area contributed by atoms with Gasteiger partial charge in [0.2, 0.25) is 0 Å². The van der Waals surface area contributed by atoms with Gasteiger partial charge in [-0.05, 0) is 46.2 Å². The molecule has 10 rings (SSSR count). The first kappa shape index (κ1) is 27.1. The predicted molar refractivity (Wildman–Crippen MR) is 201 cm³/mol. The number of nitrogens with zero attached hydrogens (tertiary/aromatic N) is 2. The van der Waals surface area contributed by atoms with Gasteiger partial charge in [-0.15, -0.1) is 11.3 Å². The lowest BCUT2D eigenvalue weighted by molar-refractivity contribution is 0.670. The van der Waals surface area contributed by atoms with Gasteiger partial charge in [0.1, 0.15) is 23.2 Å². The van der Waals surface area contributed by atoms with Crippen molar-refractivity contribution in [3.63, 3.8) is 0 Å². The quantitative estimate of drug-likeness (QED) is 0.210. The Labute approximate surface area is 280 Å². The van der Waals surface area contributed by atoms with E-state index in [2.05, 4.69) is 139 Å². The molecule has 0 radical (unpaired) electrons. The van der Waals surface area contributed by atoms with E-state index in [4.69, 9.17) is 14.4 Å². The highest BCUT2D eigenvalue weighted by atomic mass is 32.1. The summed E-state index contributed by atoms with van der Waals surface area (Å²) in [4.78, 5) is 10.4. The summed E-state index contributed by atoms with van der Waals surface area (Å²) < 4.78 is 8.94. The molecule has 0 aliphatic carbocycles. The maximum absolute atomic E-state index is 6.42. The van der Waals surface area contributed by atoms with Gasteiger partial charge in [0.15, 0.2) is 5.84 Å². The molecule has 0 saturated heterocycles. The van der Waals surface area contributed by atoms with Crippen LogP contribution in [0.25, 0.3) is 64.0 Å². The van der Waals surface area contributed by atoms with Gasteiger partial charge in [-0.25, -0.2) is 9.98 Å². The van der Waals surface area contributed by atoms with Crippen LogP contribution in [0, 0.1) is 0 Å². The lowest BCUT2D eigenvalue weighted by Crippen LogP contribution is -2.33. The smallest absolute Gasteiger partial charge is 0.159 e.